The lowest BCUT2D eigenvalue weighted by atomic mass is 10.1. The first kappa shape index (κ1) is 19.1. The number of hydrogen-bond acceptors (Lipinski definition) is 7. The summed E-state index contributed by atoms with van der Waals surface area (Å²) in [6.07, 6.45) is 1.59. The zero-order valence-corrected chi connectivity index (χ0v) is 17.0. The maximum atomic E-state index is 12.4. The number of carbonyl (C=O) groups excluding carboxylic acids is 2. The van der Waals surface area contributed by atoms with Crippen molar-refractivity contribution in [2.75, 3.05) is 13.2 Å². The molecule has 0 saturated carbocycles. The fourth-order valence-electron chi connectivity index (χ4n) is 3.41. The van der Waals surface area contributed by atoms with Gasteiger partial charge in [-0.3, -0.25) is 19.3 Å². The van der Waals surface area contributed by atoms with Crippen molar-refractivity contribution >= 4 is 33.2 Å². The Morgan fingerprint density at radius 3 is 2.29 bits per heavy atom. The van der Waals surface area contributed by atoms with Gasteiger partial charge < -0.3 is 4.74 Å². The van der Waals surface area contributed by atoms with Crippen LogP contribution in [0.3, 0.4) is 0 Å². The molecular formula is C23H15N3O4S. The summed E-state index contributed by atoms with van der Waals surface area (Å²) >= 11 is 1.42. The number of amides is 2. The Labute approximate surface area is 180 Å². The van der Waals surface area contributed by atoms with Crippen LogP contribution in [0.25, 0.3) is 20.7 Å². The summed E-state index contributed by atoms with van der Waals surface area (Å²) in [5.74, 6) is -0.275. The second kappa shape index (κ2) is 7.73. The van der Waals surface area contributed by atoms with Crippen LogP contribution in [0.2, 0.25) is 0 Å². The normalized spacial score (nSPS) is 13.0. The Balaban J connectivity index is 1.26. The van der Waals surface area contributed by atoms with Gasteiger partial charge in [-0.2, -0.15) is 4.98 Å². The van der Waals surface area contributed by atoms with Gasteiger partial charge in [0.15, 0.2) is 0 Å². The molecule has 0 spiro atoms. The van der Waals surface area contributed by atoms with E-state index in [4.69, 9.17) is 4.74 Å². The minimum atomic E-state index is -0.315. The van der Waals surface area contributed by atoms with Crippen LogP contribution >= 0.6 is 11.3 Å². The molecule has 4 aromatic rings. The van der Waals surface area contributed by atoms with Crippen LogP contribution in [-0.4, -0.2) is 39.8 Å². The second-order valence-electron chi connectivity index (χ2n) is 6.86. The molecule has 0 fully saturated rings. The molecular weight excluding hydrogens is 414 g/mol. The number of imide groups is 1. The molecule has 31 heavy (non-hydrogen) atoms. The van der Waals surface area contributed by atoms with E-state index in [-0.39, 0.29) is 30.5 Å². The van der Waals surface area contributed by atoms with E-state index < -0.39 is 0 Å². The first-order valence-corrected chi connectivity index (χ1v) is 10.4. The summed E-state index contributed by atoms with van der Waals surface area (Å²) in [7, 11) is 0. The highest BCUT2D eigenvalue weighted by Gasteiger charge is 2.34. The molecule has 1 aliphatic rings. The summed E-state index contributed by atoms with van der Waals surface area (Å²) < 4.78 is 6.47. The second-order valence-corrected chi connectivity index (χ2v) is 7.89. The molecule has 0 radical (unpaired) electrons. The monoisotopic (exact) mass is 429 g/mol. The standard InChI is InChI=1S/C23H15N3O4S/c27-20-17-7-3-4-8-18(17)31-21(25-20)14-9-10-19(24-13-14)30-12-11-26-22(28)15-5-1-2-6-16(15)23(26)29/h1-10,13H,11-12H2. The van der Waals surface area contributed by atoms with Crippen LogP contribution in [0, 0.1) is 0 Å². The van der Waals surface area contributed by atoms with E-state index in [9.17, 15) is 14.4 Å². The summed E-state index contributed by atoms with van der Waals surface area (Å²) in [5.41, 5.74) is 1.26. The quantitative estimate of drug-likeness (QED) is 0.452. The molecule has 2 aromatic carbocycles. The van der Waals surface area contributed by atoms with Crippen molar-refractivity contribution < 1.29 is 14.3 Å². The first-order chi connectivity index (χ1) is 15.1. The Bertz CT molecular complexity index is 1350. The Kier molecular flexibility index (Phi) is 4.76. The zero-order valence-electron chi connectivity index (χ0n) is 16.1. The van der Waals surface area contributed by atoms with Gasteiger partial charge in [0.05, 0.1) is 23.1 Å². The van der Waals surface area contributed by atoms with Gasteiger partial charge in [0.25, 0.3) is 17.4 Å². The van der Waals surface area contributed by atoms with Gasteiger partial charge in [-0.1, -0.05) is 24.3 Å². The third kappa shape index (κ3) is 3.47. The van der Waals surface area contributed by atoms with Crippen LogP contribution in [0.5, 0.6) is 5.88 Å². The van der Waals surface area contributed by atoms with Crippen molar-refractivity contribution in [1.82, 2.24) is 14.9 Å². The summed E-state index contributed by atoms with van der Waals surface area (Å²) in [6, 6.07) is 17.5. The van der Waals surface area contributed by atoms with Gasteiger partial charge in [-0.05, 0) is 30.3 Å². The van der Waals surface area contributed by atoms with Gasteiger partial charge >= 0.3 is 0 Å². The minimum absolute atomic E-state index is 0.124. The number of ether oxygens (including phenoxy) is 1. The molecule has 0 atom stereocenters. The number of benzene rings is 2. The predicted octanol–water partition coefficient (Wildman–Crippen LogP) is 3.39. The molecule has 8 heteroatoms. The molecule has 0 N–H and O–H groups in total. The highest BCUT2D eigenvalue weighted by atomic mass is 32.1. The van der Waals surface area contributed by atoms with Crippen LogP contribution in [-0.2, 0) is 0 Å². The average molecular weight is 429 g/mol. The SMILES string of the molecule is O=C1c2ccccc2C(=O)N1CCOc1ccc(-c2nc(=O)c3ccccc3s2)cn1. The van der Waals surface area contributed by atoms with Crippen molar-refractivity contribution in [1.29, 1.82) is 0 Å². The Morgan fingerprint density at radius 2 is 1.58 bits per heavy atom. The molecule has 2 aromatic heterocycles. The number of pyridine rings is 1. The molecule has 152 valence electrons. The molecule has 0 saturated heterocycles. The number of nitrogens with zero attached hydrogens (tertiary/aromatic N) is 3. The van der Waals surface area contributed by atoms with Gasteiger partial charge in [-0.15, -0.1) is 11.3 Å². The molecule has 2 amide bonds. The lowest BCUT2D eigenvalue weighted by Crippen LogP contribution is -2.33. The summed E-state index contributed by atoms with van der Waals surface area (Å²) in [5, 5.41) is 1.17. The third-order valence-corrected chi connectivity index (χ3v) is 6.05. The lowest BCUT2D eigenvalue weighted by molar-refractivity contribution is 0.0630. The van der Waals surface area contributed by atoms with E-state index in [0.717, 1.165) is 4.70 Å². The highest BCUT2D eigenvalue weighted by Crippen LogP contribution is 2.26. The third-order valence-electron chi connectivity index (χ3n) is 4.95. The Morgan fingerprint density at radius 1 is 0.871 bits per heavy atom. The molecule has 5 rings (SSSR count). The number of carbonyl (C=O) groups is 2. The smallest absolute Gasteiger partial charge is 0.279 e. The van der Waals surface area contributed by atoms with Gasteiger partial charge in [0.1, 0.15) is 11.6 Å². The highest BCUT2D eigenvalue weighted by molar-refractivity contribution is 7.21. The van der Waals surface area contributed by atoms with Crippen molar-refractivity contribution in [3.63, 3.8) is 0 Å². The van der Waals surface area contributed by atoms with E-state index in [1.54, 1.807) is 48.7 Å². The van der Waals surface area contributed by atoms with Crippen molar-refractivity contribution in [3.05, 3.63) is 88.3 Å². The number of rotatable bonds is 5. The van der Waals surface area contributed by atoms with Crippen LogP contribution in [0.1, 0.15) is 20.7 Å². The fourth-order valence-corrected chi connectivity index (χ4v) is 4.40. The lowest BCUT2D eigenvalue weighted by Gasteiger charge is -2.14. The minimum Gasteiger partial charge on any atom is -0.476 e. The van der Waals surface area contributed by atoms with Crippen LogP contribution in [0.4, 0.5) is 0 Å². The van der Waals surface area contributed by atoms with E-state index in [2.05, 4.69) is 9.97 Å². The summed E-state index contributed by atoms with van der Waals surface area (Å²) in [4.78, 5) is 46.6. The number of aromatic nitrogens is 2. The number of fused-ring (bicyclic) bond motifs is 2. The predicted molar refractivity (Wildman–Crippen MR) is 116 cm³/mol. The topological polar surface area (TPSA) is 89.5 Å². The van der Waals surface area contributed by atoms with Crippen molar-refractivity contribution in [2.45, 2.75) is 0 Å². The fraction of sp³-hybridized carbons (Fsp3) is 0.0870. The molecule has 0 bridgehead atoms. The zero-order chi connectivity index (χ0) is 21.4. The maximum Gasteiger partial charge on any atom is 0.279 e. The van der Waals surface area contributed by atoms with E-state index in [1.165, 1.54) is 16.2 Å². The maximum absolute atomic E-state index is 12.4. The van der Waals surface area contributed by atoms with E-state index in [0.29, 0.717) is 33.0 Å². The largest absolute Gasteiger partial charge is 0.476 e. The van der Waals surface area contributed by atoms with E-state index in [1.807, 2.05) is 18.2 Å². The number of hydrogen-bond donors (Lipinski definition) is 0. The van der Waals surface area contributed by atoms with Crippen molar-refractivity contribution in [2.24, 2.45) is 0 Å². The van der Waals surface area contributed by atoms with Gasteiger partial charge in [0, 0.05) is 22.5 Å². The molecule has 7 nitrogen and oxygen atoms in total. The summed E-state index contributed by atoms with van der Waals surface area (Å²) in [6.45, 7) is 0.253. The van der Waals surface area contributed by atoms with E-state index >= 15 is 0 Å². The van der Waals surface area contributed by atoms with Gasteiger partial charge in [0.2, 0.25) is 5.88 Å². The molecule has 0 unspecified atom stereocenters. The molecule has 0 aliphatic carbocycles. The van der Waals surface area contributed by atoms with Crippen molar-refractivity contribution in [3.8, 4) is 16.5 Å². The average Bonchev–Trinajstić information content (AvgIpc) is 3.04. The van der Waals surface area contributed by atoms with Crippen LogP contribution < -0.4 is 10.3 Å². The Hall–Kier alpha value is -3.91. The molecule has 3 heterocycles. The van der Waals surface area contributed by atoms with Gasteiger partial charge in [-0.25, -0.2) is 4.98 Å². The molecule has 1 aliphatic heterocycles. The first-order valence-electron chi connectivity index (χ1n) is 9.56. The van der Waals surface area contributed by atoms with Crippen LogP contribution in [0.15, 0.2) is 71.7 Å².